The Labute approximate surface area is 99.3 Å². The van der Waals surface area contributed by atoms with Crippen LogP contribution in [0.4, 0.5) is 0 Å². The lowest BCUT2D eigenvalue weighted by Crippen LogP contribution is -2.33. The molecule has 3 heteroatoms. The van der Waals surface area contributed by atoms with Crippen molar-refractivity contribution in [3.63, 3.8) is 0 Å². The maximum Gasteiger partial charge on any atom is 0.248 e. The second kappa shape index (κ2) is 7.44. The minimum absolute atomic E-state index is 0.0395. The largest absolute Gasteiger partial charge is 0.372 e. The molecular weight excluding hydrogens is 202 g/mol. The lowest BCUT2D eigenvalue weighted by molar-refractivity contribution is -0.130. The number of methoxy groups -OCH3 is 1. The molecule has 0 spiro atoms. The molecule has 1 amide bonds. The topological polar surface area (TPSA) is 38.3 Å². The van der Waals surface area contributed by atoms with Crippen molar-refractivity contribution in [2.24, 2.45) is 5.41 Å². The molecule has 0 aliphatic carbocycles. The smallest absolute Gasteiger partial charge is 0.248 e. The van der Waals surface area contributed by atoms with E-state index in [4.69, 9.17) is 4.74 Å². The Bertz CT molecular complexity index is 229. The number of hydrogen-bond donors (Lipinski definition) is 1. The molecule has 0 aromatic heterocycles. The van der Waals surface area contributed by atoms with Gasteiger partial charge in [-0.15, -0.1) is 0 Å². The van der Waals surface area contributed by atoms with Gasteiger partial charge in [0.15, 0.2) is 0 Å². The SMILES string of the molecule is CNC(=O)C(CCC/C=C/C(C)(C)C)OC. The summed E-state index contributed by atoms with van der Waals surface area (Å²) >= 11 is 0. The van der Waals surface area contributed by atoms with E-state index >= 15 is 0 Å². The van der Waals surface area contributed by atoms with Gasteiger partial charge in [-0.3, -0.25) is 4.79 Å². The van der Waals surface area contributed by atoms with E-state index in [2.05, 4.69) is 38.2 Å². The van der Waals surface area contributed by atoms with Gasteiger partial charge in [-0.1, -0.05) is 32.9 Å². The number of allylic oxidation sites excluding steroid dienone is 2. The highest BCUT2D eigenvalue weighted by atomic mass is 16.5. The van der Waals surface area contributed by atoms with E-state index in [1.54, 1.807) is 14.2 Å². The molecule has 0 aliphatic rings. The van der Waals surface area contributed by atoms with Gasteiger partial charge in [-0.05, 0) is 24.7 Å². The van der Waals surface area contributed by atoms with Crippen molar-refractivity contribution in [3.8, 4) is 0 Å². The van der Waals surface area contributed by atoms with Crippen molar-refractivity contribution in [1.82, 2.24) is 5.32 Å². The first-order valence-corrected chi connectivity index (χ1v) is 5.83. The molecule has 0 fully saturated rings. The number of nitrogens with one attached hydrogen (secondary N) is 1. The van der Waals surface area contributed by atoms with Gasteiger partial charge in [0.05, 0.1) is 0 Å². The van der Waals surface area contributed by atoms with Gasteiger partial charge in [0.25, 0.3) is 0 Å². The normalized spacial score (nSPS) is 14.1. The fourth-order valence-electron chi connectivity index (χ4n) is 1.37. The first-order valence-electron chi connectivity index (χ1n) is 5.83. The Hall–Kier alpha value is -0.830. The van der Waals surface area contributed by atoms with Crippen LogP contribution in [0.5, 0.6) is 0 Å². The Morgan fingerprint density at radius 3 is 2.50 bits per heavy atom. The highest BCUT2D eigenvalue weighted by Gasteiger charge is 2.14. The molecule has 16 heavy (non-hydrogen) atoms. The van der Waals surface area contributed by atoms with Crippen LogP contribution in [0.25, 0.3) is 0 Å². The zero-order chi connectivity index (χ0) is 12.6. The van der Waals surface area contributed by atoms with Crippen LogP contribution >= 0.6 is 0 Å². The lowest BCUT2D eigenvalue weighted by atomic mass is 9.95. The standard InChI is InChI=1S/C13H25NO2/c1-13(2,3)10-8-6-7-9-11(16-5)12(15)14-4/h8,10-11H,6-7,9H2,1-5H3,(H,14,15)/b10-8+. The van der Waals surface area contributed by atoms with Crippen LogP contribution in [0.15, 0.2) is 12.2 Å². The van der Waals surface area contributed by atoms with E-state index in [-0.39, 0.29) is 17.4 Å². The van der Waals surface area contributed by atoms with Gasteiger partial charge in [0, 0.05) is 14.2 Å². The number of carbonyl (C=O) groups excluding carboxylic acids is 1. The fraction of sp³-hybridized carbons (Fsp3) is 0.769. The quantitative estimate of drug-likeness (QED) is 0.559. The summed E-state index contributed by atoms with van der Waals surface area (Å²) in [7, 11) is 3.21. The molecule has 0 saturated carbocycles. The zero-order valence-corrected chi connectivity index (χ0v) is 11.2. The molecule has 0 aromatic rings. The number of carbonyl (C=O) groups is 1. The van der Waals surface area contributed by atoms with Crippen molar-refractivity contribution in [1.29, 1.82) is 0 Å². The average Bonchev–Trinajstić information content (AvgIpc) is 2.21. The van der Waals surface area contributed by atoms with Crippen LogP contribution in [-0.4, -0.2) is 26.2 Å². The molecule has 0 heterocycles. The first-order chi connectivity index (χ1) is 7.40. The third-order valence-corrected chi connectivity index (χ3v) is 2.28. The maximum absolute atomic E-state index is 11.3. The summed E-state index contributed by atoms with van der Waals surface area (Å²) in [5, 5.41) is 2.60. The van der Waals surface area contributed by atoms with Crippen molar-refractivity contribution >= 4 is 5.91 Å². The summed E-state index contributed by atoms with van der Waals surface area (Å²) in [5.41, 5.74) is 0.238. The van der Waals surface area contributed by atoms with Gasteiger partial charge in [-0.25, -0.2) is 0 Å². The second-order valence-electron chi connectivity index (χ2n) is 5.04. The molecular formula is C13H25NO2. The van der Waals surface area contributed by atoms with Gasteiger partial charge in [0.2, 0.25) is 5.91 Å². The van der Waals surface area contributed by atoms with Gasteiger partial charge >= 0.3 is 0 Å². The minimum atomic E-state index is -0.312. The molecule has 0 aliphatic heterocycles. The predicted molar refractivity (Wildman–Crippen MR) is 67.3 cm³/mol. The molecule has 0 bridgehead atoms. The molecule has 0 saturated heterocycles. The summed E-state index contributed by atoms with van der Waals surface area (Å²) in [4.78, 5) is 11.3. The predicted octanol–water partition coefficient (Wildman–Crippen LogP) is 2.52. The number of rotatable bonds is 6. The average molecular weight is 227 g/mol. The Morgan fingerprint density at radius 1 is 1.44 bits per heavy atom. The van der Waals surface area contributed by atoms with E-state index in [1.807, 2.05) is 0 Å². The molecule has 1 unspecified atom stereocenters. The molecule has 0 rings (SSSR count). The highest BCUT2D eigenvalue weighted by molar-refractivity contribution is 5.80. The molecule has 94 valence electrons. The summed E-state index contributed by atoms with van der Waals surface area (Å²) in [6, 6.07) is 0. The van der Waals surface area contributed by atoms with Crippen molar-refractivity contribution in [2.75, 3.05) is 14.2 Å². The van der Waals surface area contributed by atoms with E-state index in [9.17, 15) is 4.79 Å². The van der Waals surface area contributed by atoms with Crippen molar-refractivity contribution in [2.45, 2.75) is 46.1 Å². The fourth-order valence-corrected chi connectivity index (χ4v) is 1.37. The third-order valence-electron chi connectivity index (χ3n) is 2.28. The highest BCUT2D eigenvalue weighted by Crippen LogP contribution is 2.15. The van der Waals surface area contributed by atoms with Crippen molar-refractivity contribution in [3.05, 3.63) is 12.2 Å². The van der Waals surface area contributed by atoms with Crippen LogP contribution in [0.1, 0.15) is 40.0 Å². The Morgan fingerprint density at radius 2 is 2.06 bits per heavy atom. The molecule has 0 aromatic carbocycles. The number of unbranched alkanes of at least 4 members (excludes halogenated alkanes) is 1. The van der Waals surface area contributed by atoms with Gasteiger partial charge < -0.3 is 10.1 Å². The summed E-state index contributed by atoms with van der Waals surface area (Å²) in [6.07, 6.45) is 6.80. The van der Waals surface area contributed by atoms with E-state index < -0.39 is 0 Å². The van der Waals surface area contributed by atoms with Gasteiger partial charge in [0.1, 0.15) is 6.10 Å². The molecule has 3 nitrogen and oxygen atoms in total. The van der Waals surface area contributed by atoms with Crippen molar-refractivity contribution < 1.29 is 9.53 Å². The van der Waals surface area contributed by atoms with Crippen LogP contribution in [0.3, 0.4) is 0 Å². The van der Waals surface area contributed by atoms with Crippen LogP contribution in [-0.2, 0) is 9.53 Å². The van der Waals surface area contributed by atoms with Gasteiger partial charge in [-0.2, -0.15) is 0 Å². The number of likely N-dealkylation sites (N-methyl/N-ethyl adjacent to an activating group) is 1. The molecule has 1 N–H and O–H groups in total. The zero-order valence-electron chi connectivity index (χ0n) is 11.2. The number of ether oxygens (including phenoxy) is 1. The third kappa shape index (κ3) is 7.46. The van der Waals surface area contributed by atoms with E-state index in [0.717, 1.165) is 19.3 Å². The number of amides is 1. The van der Waals surface area contributed by atoms with Crippen LogP contribution in [0, 0.1) is 5.41 Å². The Balaban J connectivity index is 3.80. The first kappa shape index (κ1) is 15.2. The Kier molecular flexibility index (Phi) is 7.06. The number of hydrogen-bond acceptors (Lipinski definition) is 2. The summed E-state index contributed by atoms with van der Waals surface area (Å²) in [5.74, 6) is -0.0395. The van der Waals surface area contributed by atoms with Crippen LogP contribution < -0.4 is 5.32 Å². The summed E-state index contributed by atoms with van der Waals surface area (Å²) in [6.45, 7) is 6.52. The van der Waals surface area contributed by atoms with E-state index in [1.165, 1.54) is 0 Å². The monoisotopic (exact) mass is 227 g/mol. The molecule has 0 radical (unpaired) electrons. The maximum atomic E-state index is 11.3. The molecule has 1 atom stereocenters. The summed E-state index contributed by atoms with van der Waals surface area (Å²) < 4.78 is 5.11. The second-order valence-corrected chi connectivity index (χ2v) is 5.04. The minimum Gasteiger partial charge on any atom is -0.372 e. The van der Waals surface area contributed by atoms with E-state index in [0.29, 0.717) is 0 Å². The van der Waals surface area contributed by atoms with Crippen LogP contribution in [0.2, 0.25) is 0 Å². The lowest BCUT2D eigenvalue weighted by Gasteiger charge is -2.13.